The SMILES string of the molecule is CSc1ncc(CN2CCN(Cc3ccccc3F)C(CCO)C2)cn1. The number of aliphatic hydroxyl groups is 1. The van der Waals surface area contributed by atoms with E-state index in [1.807, 2.05) is 30.8 Å². The Bertz CT molecular complexity index is 700. The Labute approximate surface area is 158 Å². The van der Waals surface area contributed by atoms with Gasteiger partial charge in [0.2, 0.25) is 0 Å². The van der Waals surface area contributed by atoms with Crippen LogP contribution in [-0.2, 0) is 13.1 Å². The molecule has 1 unspecified atom stereocenters. The van der Waals surface area contributed by atoms with Crippen LogP contribution in [0, 0.1) is 5.82 Å². The molecule has 3 rings (SSSR count). The molecule has 7 heteroatoms. The minimum atomic E-state index is -0.163. The summed E-state index contributed by atoms with van der Waals surface area (Å²) in [6.07, 6.45) is 6.41. The quantitative estimate of drug-likeness (QED) is 0.592. The first-order valence-corrected chi connectivity index (χ1v) is 10.1. The molecule has 1 aromatic carbocycles. The number of piperazine rings is 1. The number of thioether (sulfide) groups is 1. The molecule has 1 aromatic heterocycles. The van der Waals surface area contributed by atoms with E-state index in [0.717, 1.165) is 36.9 Å². The fraction of sp³-hybridized carbons (Fsp3) is 0.474. The van der Waals surface area contributed by atoms with Gasteiger partial charge in [0.15, 0.2) is 5.16 Å². The highest BCUT2D eigenvalue weighted by molar-refractivity contribution is 7.98. The molecule has 5 nitrogen and oxygen atoms in total. The zero-order valence-corrected chi connectivity index (χ0v) is 15.8. The molecular weight excluding hydrogens is 351 g/mol. The summed E-state index contributed by atoms with van der Waals surface area (Å²) in [6.45, 7) is 4.11. The molecule has 1 aliphatic rings. The van der Waals surface area contributed by atoms with E-state index in [9.17, 15) is 9.50 Å². The average molecular weight is 377 g/mol. The van der Waals surface area contributed by atoms with Crippen LogP contribution in [0.3, 0.4) is 0 Å². The molecule has 26 heavy (non-hydrogen) atoms. The Hall–Kier alpha value is -1.54. The molecule has 1 aliphatic heterocycles. The van der Waals surface area contributed by atoms with Crippen molar-refractivity contribution in [2.45, 2.75) is 30.7 Å². The summed E-state index contributed by atoms with van der Waals surface area (Å²) in [6, 6.07) is 7.13. The molecule has 1 atom stereocenters. The molecule has 0 bridgehead atoms. The van der Waals surface area contributed by atoms with Crippen molar-refractivity contribution in [3.63, 3.8) is 0 Å². The summed E-state index contributed by atoms with van der Waals surface area (Å²) < 4.78 is 14.0. The van der Waals surface area contributed by atoms with Crippen molar-refractivity contribution < 1.29 is 9.50 Å². The molecule has 0 amide bonds. The molecule has 1 N–H and O–H groups in total. The Kier molecular flexibility index (Phi) is 6.96. The molecule has 0 saturated carbocycles. The highest BCUT2D eigenvalue weighted by Gasteiger charge is 2.27. The van der Waals surface area contributed by atoms with Gasteiger partial charge in [0.1, 0.15) is 5.82 Å². The third-order valence-electron chi connectivity index (χ3n) is 4.75. The van der Waals surface area contributed by atoms with Crippen molar-refractivity contribution in [2.75, 3.05) is 32.5 Å². The first-order valence-electron chi connectivity index (χ1n) is 8.85. The summed E-state index contributed by atoms with van der Waals surface area (Å²) in [5.41, 5.74) is 1.80. The number of hydrogen-bond donors (Lipinski definition) is 1. The van der Waals surface area contributed by atoms with Gasteiger partial charge in [0.25, 0.3) is 0 Å². The predicted molar refractivity (Wildman–Crippen MR) is 101 cm³/mol. The second-order valence-corrected chi connectivity index (χ2v) is 7.31. The first-order chi connectivity index (χ1) is 12.7. The van der Waals surface area contributed by atoms with Crippen molar-refractivity contribution in [3.05, 3.63) is 53.6 Å². The monoisotopic (exact) mass is 376 g/mol. The van der Waals surface area contributed by atoms with E-state index in [1.165, 1.54) is 17.8 Å². The maximum Gasteiger partial charge on any atom is 0.187 e. The van der Waals surface area contributed by atoms with Crippen molar-refractivity contribution in [1.82, 2.24) is 19.8 Å². The topological polar surface area (TPSA) is 52.5 Å². The molecule has 1 fully saturated rings. The van der Waals surface area contributed by atoms with E-state index in [2.05, 4.69) is 19.8 Å². The predicted octanol–water partition coefficient (Wildman–Crippen LogP) is 2.41. The smallest absolute Gasteiger partial charge is 0.187 e. The van der Waals surface area contributed by atoms with Crippen molar-refractivity contribution in [3.8, 4) is 0 Å². The lowest BCUT2D eigenvalue weighted by molar-refractivity contribution is 0.0492. The van der Waals surface area contributed by atoms with Crippen molar-refractivity contribution >= 4 is 11.8 Å². The summed E-state index contributed by atoms with van der Waals surface area (Å²) in [4.78, 5) is 13.3. The van der Waals surface area contributed by atoms with E-state index >= 15 is 0 Å². The minimum absolute atomic E-state index is 0.137. The second-order valence-electron chi connectivity index (χ2n) is 6.54. The van der Waals surface area contributed by atoms with Gasteiger partial charge in [0, 0.05) is 68.9 Å². The lowest BCUT2D eigenvalue weighted by Gasteiger charge is -2.41. The van der Waals surface area contributed by atoms with Crippen molar-refractivity contribution in [2.24, 2.45) is 0 Å². The Balaban J connectivity index is 1.62. The van der Waals surface area contributed by atoms with Gasteiger partial charge in [-0.15, -0.1) is 0 Å². The van der Waals surface area contributed by atoms with Gasteiger partial charge < -0.3 is 5.11 Å². The number of rotatable bonds is 7. The molecule has 0 spiro atoms. The fourth-order valence-electron chi connectivity index (χ4n) is 3.37. The van der Waals surface area contributed by atoms with Crippen LogP contribution in [0.25, 0.3) is 0 Å². The molecule has 0 aliphatic carbocycles. The number of nitrogens with zero attached hydrogens (tertiary/aromatic N) is 4. The van der Waals surface area contributed by atoms with Crippen LogP contribution in [0.15, 0.2) is 41.8 Å². The van der Waals surface area contributed by atoms with Gasteiger partial charge in [-0.25, -0.2) is 14.4 Å². The maximum absolute atomic E-state index is 14.0. The Morgan fingerprint density at radius 3 is 2.65 bits per heavy atom. The highest BCUT2D eigenvalue weighted by atomic mass is 32.2. The van der Waals surface area contributed by atoms with Gasteiger partial charge in [0.05, 0.1) is 0 Å². The lowest BCUT2D eigenvalue weighted by Crippen LogP contribution is -2.52. The summed E-state index contributed by atoms with van der Waals surface area (Å²) >= 11 is 1.53. The third kappa shape index (κ3) is 5.01. The number of aromatic nitrogens is 2. The van der Waals surface area contributed by atoms with Gasteiger partial charge >= 0.3 is 0 Å². The zero-order chi connectivity index (χ0) is 18.4. The highest BCUT2D eigenvalue weighted by Crippen LogP contribution is 2.19. The van der Waals surface area contributed by atoms with Crippen LogP contribution in [-0.4, -0.2) is 63.4 Å². The summed E-state index contributed by atoms with van der Waals surface area (Å²) in [7, 11) is 0. The number of benzene rings is 1. The normalized spacial score (nSPS) is 19.0. The second kappa shape index (κ2) is 9.41. The van der Waals surface area contributed by atoms with Gasteiger partial charge in [-0.2, -0.15) is 0 Å². The van der Waals surface area contributed by atoms with Gasteiger partial charge in [-0.3, -0.25) is 9.80 Å². The average Bonchev–Trinajstić information content (AvgIpc) is 2.66. The van der Waals surface area contributed by atoms with Crippen LogP contribution in [0.5, 0.6) is 0 Å². The van der Waals surface area contributed by atoms with E-state index < -0.39 is 0 Å². The molecule has 2 heterocycles. The van der Waals surface area contributed by atoms with Gasteiger partial charge in [-0.05, 0) is 18.7 Å². The summed E-state index contributed by atoms with van der Waals surface area (Å²) in [5.74, 6) is -0.163. The minimum Gasteiger partial charge on any atom is -0.396 e. The van der Waals surface area contributed by atoms with E-state index in [4.69, 9.17) is 0 Å². The lowest BCUT2D eigenvalue weighted by atomic mass is 10.1. The van der Waals surface area contributed by atoms with Crippen LogP contribution >= 0.6 is 11.8 Å². The van der Waals surface area contributed by atoms with E-state index in [-0.39, 0.29) is 18.5 Å². The molecule has 0 radical (unpaired) electrons. The largest absolute Gasteiger partial charge is 0.396 e. The fourth-order valence-corrected chi connectivity index (χ4v) is 3.68. The van der Waals surface area contributed by atoms with Gasteiger partial charge in [-0.1, -0.05) is 30.0 Å². The van der Waals surface area contributed by atoms with Crippen LogP contribution in [0.1, 0.15) is 17.5 Å². The molecule has 1 saturated heterocycles. The van der Waals surface area contributed by atoms with Crippen molar-refractivity contribution in [1.29, 1.82) is 0 Å². The Morgan fingerprint density at radius 2 is 1.96 bits per heavy atom. The molecular formula is C19H25FN4OS. The first kappa shape index (κ1) is 19.2. The van der Waals surface area contributed by atoms with Crippen LogP contribution in [0.2, 0.25) is 0 Å². The molecule has 140 valence electrons. The Morgan fingerprint density at radius 1 is 1.19 bits per heavy atom. The molecule has 2 aromatic rings. The summed E-state index contributed by atoms with van der Waals surface area (Å²) in [5, 5.41) is 10.2. The maximum atomic E-state index is 14.0. The van der Waals surface area contributed by atoms with E-state index in [1.54, 1.807) is 6.07 Å². The standard InChI is InChI=1S/C19H25FN4OS/c1-26-19-21-10-15(11-22-19)12-23-7-8-24(17(14-23)6-9-25)13-16-4-2-3-5-18(16)20/h2-5,10-11,17,25H,6-9,12-14H2,1H3. The number of halogens is 1. The van der Waals surface area contributed by atoms with E-state index in [0.29, 0.717) is 18.5 Å². The number of hydrogen-bond acceptors (Lipinski definition) is 6. The van der Waals surface area contributed by atoms with Crippen LogP contribution < -0.4 is 0 Å². The number of aliphatic hydroxyl groups excluding tert-OH is 1. The van der Waals surface area contributed by atoms with Crippen LogP contribution in [0.4, 0.5) is 4.39 Å². The zero-order valence-electron chi connectivity index (χ0n) is 15.0. The third-order valence-corrected chi connectivity index (χ3v) is 5.33.